The molecule has 4 N–H and O–H groups in total. The quantitative estimate of drug-likeness (QED) is 0.595. The van der Waals surface area contributed by atoms with Gasteiger partial charge in [0.15, 0.2) is 5.75 Å². The van der Waals surface area contributed by atoms with Crippen molar-refractivity contribution in [1.29, 1.82) is 0 Å². The lowest BCUT2D eigenvalue weighted by molar-refractivity contribution is -0.114. The molecule has 76 valence electrons. The molecule has 0 spiro atoms. The number of hydrogen-bond donors (Lipinski definition) is 3. The van der Waals surface area contributed by atoms with Gasteiger partial charge in [-0.25, -0.2) is 0 Å². The molecule has 0 bridgehead atoms. The van der Waals surface area contributed by atoms with Gasteiger partial charge in [0.2, 0.25) is 11.3 Å². The van der Waals surface area contributed by atoms with Crippen LogP contribution in [0, 0.1) is 0 Å². The van der Waals surface area contributed by atoms with Gasteiger partial charge in [0.05, 0.1) is 13.7 Å². The van der Waals surface area contributed by atoms with E-state index in [9.17, 15) is 9.59 Å². The number of hydrogen-bond acceptors (Lipinski definition) is 4. The minimum atomic E-state index is -0.427. The first-order valence-electron chi connectivity index (χ1n) is 3.94. The van der Waals surface area contributed by atoms with Gasteiger partial charge in [-0.1, -0.05) is 0 Å². The van der Waals surface area contributed by atoms with Crippen molar-refractivity contribution < 1.29 is 9.53 Å². The molecule has 1 rings (SSSR count). The van der Waals surface area contributed by atoms with Gasteiger partial charge in [0, 0.05) is 12.4 Å². The van der Waals surface area contributed by atoms with Gasteiger partial charge in [0.25, 0.3) is 0 Å². The number of carbonyl (C=O) groups excluding carboxylic acids is 1. The molecule has 1 aromatic rings. The van der Waals surface area contributed by atoms with E-state index in [1.165, 1.54) is 19.5 Å². The van der Waals surface area contributed by atoms with Crippen LogP contribution in [-0.4, -0.2) is 24.5 Å². The zero-order valence-corrected chi connectivity index (χ0v) is 7.66. The number of nitrogens with two attached hydrogens (primary N) is 1. The predicted octanol–water partition coefficient (Wildman–Crippen LogP) is -0.719. The Hall–Kier alpha value is -1.82. The Bertz CT molecular complexity index is 386. The summed E-state index contributed by atoms with van der Waals surface area (Å²) >= 11 is 0. The van der Waals surface area contributed by atoms with Gasteiger partial charge >= 0.3 is 0 Å². The van der Waals surface area contributed by atoms with E-state index in [2.05, 4.69) is 10.3 Å². The number of carbonyl (C=O) groups is 1. The van der Waals surface area contributed by atoms with E-state index in [0.29, 0.717) is 0 Å². The summed E-state index contributed by atoms with van der Waals surface area (Å²) in [6.45, 7) is -0.170. The zero-order chi connectivity index (χ0) is 10.6. The molecular weight excluding hydrogens is 186 g/mol. The third-order valence-electron chi connectivity index (χ3n) is 1.59. The summed E-state index contributed by atoms with van der Waals surface area (Å²) in [6, 6.07) is 0. The highest BCUT2D eigenvalue weighted by atomic mass is 16.5. The summed E-state index contributed by atoms with van der Waals surface area (Å²) in [5.74, 6) is -0.288. The maximum atomic E-state index is 11.5. The third kappa shape index (κ3) is 2.11. The SMILES string of the molecule is COc1c[nH]cc(NC(=O)CN)c1=O. The maximum absolute atomic E-state index is 11.5. The molecule has 1 amide bonds. The number of H-pyrrole nitrogens is 1. The van der Waals surface area contributed by atoms with Crippen LogP contribution in [0.5, 0.6) is 5.75 Å². The van der Waals surface area contributed by atoms with Gasteiger partial charge in [-0.15, -0.1) is 0 Å². The van der Waals surface area contributed by atoms with Crippen molar-refractivity contribution in [3.8, 4) is 5.75 Å². The molecule has 0 saturated heterocycles. The van der Waals surface area contributed by atoms with E-state index in [1.54, 1.807) is 0 Å². The molecule has 0 radical (unpaired) electrons. The van der Waals surface area contributed by atoms with E-state index in [-0.39, 0.29) is 23.4 Å². The fraction of sp³-hybridized carbons (Fsp3) is 0.250. The number of pyridine rings is 1. The monoisotopic (exact) mass is 197 g/mol. The number of rotatable bonds is 3. The van der Waals surface area contributed by atoms with E-state index < -0.39 is 5.91 Å². The van der Waals surface area contributed by atoms with Crippen molar-refractivity contribution in [2.24, 2.45) is 5.73 Å². The molecule has 0 saturated carbocycles. The van der Waals surface area contributed by atoms with Crippen LogP contribution in [0.1, 0.15) is 0 Å². The Balaban J connectivity index is 2.98. The second-order valence-electron chi connectivity index (χ2n) is 2.52. The topological polar surface area (TPSA) is 97.2 Å². The standard InChI is InChI=1S/C8H11N3O3/c1-14-6-4-10-3-5(8(6)13)11-7(12)2-9/h3-4H,2,9H2,1H3,(H,10,13)(H,11,12). The minimum absolute atomic E-state index is 0.125. The molecule has 0 fully saturated rings. The summed E-state index contributed by atoms with van der Waals surface area (Å²) in [5.41, 5.74) is 4.83. The second-order valence-corrected chi connectivity index (χ2v) is 2.52. The molecule has 1 heterocycles. The molecular formula is C8H11N3O3. The van der Waals surface area contributed by atoms with E-state index in [0.717, 1.165) is 0 Å². The van der Waals surface area contributed by atoms with Crippen molar-refractivity contribution in [3.63, 3.8) is 0 Å². The number of aromatic nitrogens is 1. The Morgan fingerprint density at radius 2 is 2.36 bits per heavy atom. The van der Waals surface area contributed by atoms with Crippen molar-refractivity contribution in [3.05, 3.63) is 22.6 Å². The number of aromatic amines is 1. The highest BCUT2D eigenvalue weighted by Gasteiger charge is 2.07. The molecule has 0 unspecified atom stereocenters. The summed E-state index contributed by atoms with van der Waals surface area (Å²) in [7, 11) is 1.37. The van der Waals surface area contributed by atoms with Crippen molar-refractivity contribution in [2.45, 2.75) is 0 Å². The van der Waals surface area contributed by atoms with Crippen molar-refractivity contribution >= 4 is 11.6 Å². The number of ether oxygens (including phenoxy) is 1. The smallest absolute Gasteiger partial charge is 0.246 e. The minimum Gasteiger partial charge on any atom is -0.491 e. The van der Waals surface area contributed by atoms with Crippen molar-refractivity contribution in [2.75, 3.05) is 19.0 Å². The molecule has 14 heavy (non-hydrogen) atoms. The van der Waals surface area contributed by atoms with Crippen LogP contribution >= 0.6 is 0 Å². The number of nitrogens with one attached hydrogen (secondary N) is 2. The molecule has 0 aromatic carbocycles. The average Bonchev–Trinajstić information content (AvgIpc) is 2.21. The molecule has 0 aliphatic rings. The second kappa shape index (κ2) is 4.43. The highest BCUT2D eigenvalue weighted by Crippen LogP contribution is 2.04. The summed E-state index contributed by atoms with van der Waals surface area (Å²) in [6.07, 6.45) is 2.78. The lowest BCUT2D eigenvalue weighted by Crippen LogP contribution is -2.25. The summed E-state index contributed by atoms with van der Waals surface area (Å²) < 4.78 is 4.77. The zero-order valence-electron chi connectivity index (χ0n) is 7.66. The Labute approximate surface area is 80.1 Å². The first kappa shape index (κ1) is 10.3. The van der Waals surface area contributed by atoms with Crippen LogP contribution in [0.4, 0.5) is 5.69 Å². The number of methoxy groups -OCH3 is 1. The lowest BCUT2D eigenvalue weighted by atomic mass is 10.3. The Morgan fingerprint density at radius 1 is 1.64 bits per heavy atom. The number of amides is 1. The largest absolute Gasteiger partial charge is 0.491 e. The van der Waals surface area contributed by atoms with E-state index in [4.69, 9.17) is 10.5 Å². The maximum Gasteiger partial charge on any atom is 0.246 e. The molecule has 0 atom stereocenters. The summed E-state index contributed by atoms with van der Waals surface area (Å²) in [5, 5.41) is 2.35. The predicted molar refractivity (Wildman–Crippen MR) is 51.3 cm³/mol. The van der Waals surface area contributed by atoms with Crippen LogP contribution in [0.25, 0.3) is 0 Å². The molecule has 0 aliphatic heterocycles. The number of anilines is 1. The first-order chi connectivity index (χ1) is 6.69. The fourth-order valence-electron chi connectivity index (χ4n) is 0.910. The highest BCUT2D eigenvalue weighted by molar-refractivity contribution is 5.91. The van der Waals surface area contributed by atoms with Gasteiger partial charge < -0.3 is 20.8 Å². The van der Waals surface area contributed by atoms with E-state index in [1.807, 2.05) is 0 Å². The summed E-state index contributed by atoms with van der Waals surface area (Å²) in [4.78, 5) is 25.0. The van der Waals surface area contributed by atoms with E-state index >= 15 is 0 Å². The Morgan fingerprint density at radius 3 is 2.93 bits per heavy atom. The van der Waals surface area contributed by atoms with Crippen molar-refractivity contribution in [1.82, 2.24) is 4.98 Å². The Kier molecular flexibility index (Phi) is 3.24. The molecule has 1 aromatic heterocycles. The van der Waals surface area contributed by atoms with Gasteiger partial charge in [-0.05, 0) is 0 Å². The first-order valence-corrected chi connectivity index (χ1v) is 3.94. The van der Waals surface area contributed by atoms with Gasteiger partial charge in [-0.2, -0.15) is 0 Å². The lowest BCUT2D eigenvalue weighted by Gasteiger charge is -2.03. The van der Waals surface area contributed by atoms with Crippen LogP contribution in [-0.2, 0) is 4.79 Å². The third-order valence-corrected chi connectivity index (χ3v) is 1.59. The van der Waals surface area contributed by atoms with Crippen LogP contribution < -0.4 is 21.2 Å². The molecule has 6 heteroatoms. The molecule has 6 nitrogen and oxygen atoms in total. The van der Waals surface area contributed by atoms with Gasteiger partial charge in [0.1, 0.15) is 5.69 Å². The van der Waals surface area contributed by atoms with Crippen LogP contribution in [0.15, 0.2) is 17.2 Å². The van der Waals surface area contributed by atoms with Gasteiger partial charge in [-0.3, -0.25) is 9.59 Å². The normalized spacial score (nSPS) is 9.57. The van der Waals surface area contributed by atoms with Crippen LogP contribution in [0.3, 0.4) is 0 Å². The fourth-order valence-corrected chi connectivity index (χ4v) is 0.910. The molecule has 0 aliphatic carbocycles. The average molecular weight is 197 g/mol. The van der Waals surface area contributed by atoms with Crippen LogP contribution in [0.2, 0.25) is 0 Å².